The average molecular weight is 337 g/mol. The molecule has 0 fully saturated rings. The molecular formula is C16H17ClN2O4. The molecule has 1 heterocycles. The van der Waals surface area contributed by atoms with Crippen LogP contribution in [0.3, 0.4) is 0 Å². The molecule has 0 saturated carbocycles. The molecule has 0 aliphatic carbocycles. The van der Waals surface area contributed by atoms with Crippen molar-refractivity contribution in [2.75, 3.05) is 11.9 Å². The standard InChI is InChI=1S/C16H17ClN2O4/c1-4-12-15(10(3)23-19-12)16(21)22-8-14(20)18-13-6-5-9(2)7-11(13)17/h5-7H,4,8H2,1-3H3,(H,18,20). The number of esters is 1. The summed E-state index contributed by atoms with van der Waals surface area (Å²) in [5, 5.41) is 6.79. The van der Waals surface area contributed by atoms with Gasteiger partial charge in [0.15, 0.2) is 6.61 Å². The molecule has 7 heteroatoms. The van der Waals surface area contributed by atoms with Gasteiger partial charge >= 0.3 is 5.97 Å². The first-order chi connectivity index (χ1) is 10.9. The van der Waals surface area contributed by atoms with Crippen molar-refractivity contribution in [3.63, 3.8) is 0 Å². The molecule has 23 heavy (non-hydrogen) atoms. The number of hydrogen-bond acceptors (Lipinski definition) is 5. The van der Waals surface area contributed by atoms with Crippen LogP contribution in [0.5, 0.6) is 0 Å². The number of aromatic nitrogens is 1. The van der Waals surface area contributed by atoms with Crippen LogP contribution in [-0.2, 0) is 16.0 Å². The van der Waals surface area contributed by atoms with Gasteiger partial charge in [0.2, 0.25) is 0 Å². The van der Waals surface area contributed by atoms with Gasteiger partial charge in [0, 0.05) is 0 Å². The number of hydrogen-bond donors (Lipinski definition) is 1. The van der Waals surface area contributed by atoms with Gasteiger partial charge in [0.05, 0.1) is 16.4 Å². The number of halogens is 1. The van der Waals surface area contributed by atoms with Crippen molar-refractivity contribution in [3.05, 3.63) is 45.8 Å². The van der Waals surface area contributed by atoms with E-state index in [1.807, 2.05) is 19.9 Å². The van der Waals surface area contributed by atoms with Crippen molar-refractivity contribution in [2.24, 2.45) is 0 Å². The summed E-state index contributed by atoms with van der Waals surface area (Å²) in [7, 11) is 0. The fraction of sp³-hybridized carbons (Fsp3) is 0.312. The lowest BCUT2D eigenvalue weighted by molar-refractivity contribution is -0.119. The van der Waals surface area contributed by atoms with Crippen LogP contribution in [0.2, 0.25) is 5.02 Å². The molecule has 0 bridgehead atoms. The molecule has 0 radical (unpaired) electrons. The fourth-order valence-corrected chi connectivity index (χ4v) is 2.31. The third-order valence-electron chi connectivity index (χ3n) is 3.21. The second kappa shape index (κ2) is 7.28. The lowest BCUT2D eigenvalue weighted by atomic mass is 10.1. The van der Waals surface area contributed by atoms with E-state index < -0.39 is 18.5 Å². The molecule has 0 unspecified atom stereocenters. The monoisotopic (exact) mass is 336 g/mol. The lowest BCUT2D eigenvalue weighted by Gasteiger charge is -2.08. The molecule has 0 saturated heterocycles. The highest BCUT2D eigenvalue weighted by Gasteiger charge is 2.21. The van der Waals surface area contributed by atoms with Crippen LogP contribution in [0.15, 0.2) is 22.7 Å². The van der Waals surface area contributed by atoms with Crippen LogP contribution in [0, 0.1) is 13.8 Å². The van der Waals surface area contributed by atoms with E-state index in [1.165, 1.54) is 0 Å². The van der Waals surface area contributed by atoms with Crippen molar-refractivity contribution < 1.29 is 18.8 Å². The zero-order valence-corrected chi connectivity index (χ0v) is 13.9. The molecular weight excluding hydrogens is 320 g/mol. The third kappa shape index (κ3) is 4.10. The summed E-state index contributed by atoms with van der Waals surface area (Å²) >= 11 is 6.03. The van der Waals surface area contributed by atoms with Crippen LogP contribution in [0.25, 0.3) is 0 Å². The predicted molar refractivity (Wildman–Crippen MR) is 85.7 cm³/mol. The molecule has 0 aliphatic heterocycles. The molecule has 1 N–H and O–H groups in total. The summed E-state index contributed by atoms with van der Waals surface area (Å²) in [6.45, 7) is 4.94. The maximum Gasteiger partial charge on any atom is 0.344 e. The topological polar surface area (TPSA) is 81.4 Å². The van der Waals surface area contributed by atoms with E-state index in [0.717, 1.165) is 5.56 Å². The summed E-state index contributed by atoms with van der Waals surface area (Å²) in [6, 6.07) is 5.25. The fourth-order valence-electron chi connectivity index (χ4n) is 2.03. The highest BCUT2D eigenvalue weighted by atomic mass is 35.5. The lowest BCUT2D eigenvalue weighted by Crippen LogP contribution is -2.21. The number of amides is 1. The number of carbonyl (C=O) groups is 2. The molecule has 1 aromatic carbocycles. The summed E-state index contributed by atoms with van der Waals surface area (Å²) in [6.07, 6.45) is 0.535. The van der Waals surface area contributed by atoms with Crippen molar-refractivity contribution in [2.45, 2.75) is 27.2 Å². The average Bonchev–Trinajstić information content (AvgIpc) is 2.88. The summed E-state index contributed by atoms with van der Waals surface area (Å²) < 4.78 is 9.98. The number of anilines is 1. The SMILES string of the molecule is CCc1noc(C)c1C(=O)OCC(=O)Nc1ccc(C)cc1Cl. The minimum Gasteiger partial charge on any atom is -0.452 e. The van der Waals surface area contributed by atoms with E-state index in [9.17, 15) is 9.59 Å². The molecule has 0 aliphatic rings. The van der Waals surface area contributed by atoms with Gasteiger partial charge in [0.1, 0.15) is 11.3 Å². The van der Waals surface area contributed by atoms with Crippen LogP contribution >= 0.6 is 11.6 Å². The molecule has 122 valence electrons. The maximum absolute atomic E-state index is 12.0. The Labute approximate surface area is 138 Å². The van der Waals surface area contributed by atoms with Gasteiger partial charge in [-0.05, 0) is 38.0 Å². The summed E-state index contributed by atoms with van der Waals surface area (Å²) in [4.78, 5) is 23.9. The van der Waals surface area contributed by atoms with Crippen LogP contribution in [-0.4, -0.2) is 23.6 Å². The van der Waals surface area contributed by atoms with Crippen molar-refractivity contribution in [1.29, 1.82) is 0 Å². The van der Waals surface area contributed by atoms with E-state index in [4.69, 9.17) is 20.9 Å². The minimum absolute atomic E-state index is 0.272. The van der Waals surface area contributed by atoms with Crippen molar-refractivity contribution >= 4 is 29.2 Å². The number of ether oxygens (including phenoxy) is 1. The number of nitrogens with one attached hydrogen (secondary N) is 1. The first-order valence-corrected chi connectivity index (χ1v) is 7.48. The van der Waals surface area contributed by atoms with Gasteiger partial charge in [-0.2, -0.15) is 0 Å². The number of carbonyl (C=O) groups excluding carboxylic acids is 2. The molecule has 1 amide bonds. The molecule has 1 aromatic heterocycles. The molecule has 2 rings (SSSR count). The minimum atomic E-state index is -0.634. The van der Waals surface area contributed by atoms with E-state index >= 15 is 0 Å². The first kappa shape index (κ1) is 17.0. The predicted octanol–water partition coefficient (Wildman–Crippen LogP) is 3.30. The largest absolute Gasteiger partial charge is 0.452 e. The number of rotatable bonds is 5. The Bertz CT molecular complexity index is 740. The normalized spacial score (nSPS) is 10.4. The Morgan fingerprint density at radius 1 is 1.35 bits per heavy atom. The van der Waals surface area contributed by atoms with Crippen LogP contribution < -0.4 is 5.32 Å². The zero-order chi connectivity index (χ0) is 17.0. The highest BCUT2D eigenvalue weighted by Crippen LogP contribution is 2.22. The Morgan fingerprint density at radius 2 is 2.09 bits per heavy atom. The smallest absolute Gasteiger partial charge is 0.344 e. The molecule has 0 atom stereocenters. The summed E-state index contributed by atoms with van der Waals surface area (Å²) in [5.41, 5.74) is 2.23. The van der Waals surface area contributed by atoms with Crippen LogP contribution in [0.1, 0.15) is 34.3 Å². The van der Waals surface area contributed by atoms with E-state index in [-0.39, 0.29) is 5.56 Å². The van der Waals surface area contributed by atoms with E-state index in [2.05, 4.69) is 10.5 Å². The maximum atomic E-state index is 12.0. The number of aryl methyl sites for hydroxylation is 3. The molecule has 6 nitrogen and oxygen atoms in total. The Morgan fingerprint density at radius 3 is 2.74 bits per heavy atom. The molecule has 0 spiro atoms. The molecule has 2 aromatic rings. The Hall–Kier alpha value is -2.34. The highest BCUT2D eigenvalue weighted by molar-refractivity contribution is 6.33. The quantitative estimate of drug-likeness (QED) is 0.847. The van der Waals surface area contributed by atoms with Gasteiger partial charge in [-0.15, -0.1) is 0 Å². The number of benzene rings is 1. The second-order valence-electron chi connectivity index (χ2n) is 5.02. The van der Waals surface area contributed by atoms with Gasteiger partial charge < -0.3 is 14.6 Å². The second-order valence-corrected chi connectivity index (χ2v) is 5.43. The zero-order valence-electron chi connectivity index (χ0n) is 13.1. The van der Waals surface area contributed by atoms with E-state index in [1.54, 1.807) is 19.1 Å². The summed E-state index contributed by atoms with van der Waals surface area (Å²) in [5.74, 6) is -0.740. The van der Waals surface area contributed by atoms with Gasteiger partial charge in [-0.3, -0.25) is 4.79 Å². The van der Waals surface area contributed by atoms with Crippen molar-refractivity contribution in [1.82, 2.24) is 5.16 Å². The van der Waals surface area contributed by atoms with Gasteiger partial charge in [-0.25, -0.2) is 4.79 Å². The first-order valence-electron chi connectivity index (χ1n) is 7.10. The Kier molecular flexibility index (Phi) is 5.39. The van der Waals surface area contributed by atoms with Gasteiger partial charge in [-0.1, -0.05) is 29.7 Å². The van der Waals surface area contributed by atoms with Crippen molar-refractivity contribution in [3.8, 4) is 0 Å². The van der Waals surface area contributed by atoms with Crippen LogP contribution in [0.4, 0.5) is 5.69 Å². The van der Waals surface area contributed by atoms with Gasteiger partial charge in [0.25, 0.3) is 5.91 Å². The van der Waals surface area contributed by atoms with E-state index in [0.29, 0.717) is 28.6 Å². The number of nitrogens with zero attached hydrogens (tertiary/aromatic N) is 1. The third-order valence-corrected chi connectivity index (χ3v) is 3.52. The Balaban J connectivity index is 1.96.